The third kappa shape index (κ3) is 5.07. The summed E-state index contributed by atoms with van der Waals surface area (Å²) in [6, 6.07) is 19.2. The van der Waals surface area contributed by atoms with E-state index in [4.69, 9.17) is 39.5 Å². The van der Waals surface area contributed by atoms with Crippen LogP contribution in [0.1, 0.15) is 11.1 Å². The molecule has 3 aromatic carbocycles. The number of nitrogens with zero attached hydrogens (tertiary/aromatic N) is 1. The summed E-state index contributed by atoms with van der Waals surface area (Å²) in [5.41, 5.74) is 2.03. The van der Waals surface area contributed by atoms with E-state index in [1.165, 1.54) is 4.90 Å². The number of para-hydroxylation sites is 2. The zero-order chi connectivity index (χ0) is 22.7. The topological polar surface area (TPSA) is 58.6 Å². The number of ether oxygens (including phenoxy) is 1. The zero-order valence-electron chi connectivity index (χ0n) is 16.6. The summed E-state index contributed by atoms with van der Waals surface area (Å²) in [4.78, 5) is 27.2. The molecule has 0 saturated carbocycles. The number of hydrogen-bond acceptors (Lipinski definition) is 3. The molecular weight excluding hydrogens is 471 g/mol. The molecule has 0 atom stereocenters. The molecular formula is C24H17Cl3N2O3. The van der Waals surface area contributed by atoms with Crippen LogP contribution in [0.25, 0.3) is 6.08 Å². The van der Waals surface area contributed by atoms with Crippen LogP contribution in [0.15, 0.2) is 72.5 Å². The predicted octanol–water partition coefficient (Wildman–Crippen LogP) is 5.73. The minimum Gasteiger partial charge on any atom is -0.449 e. The van der Waals surface area contributed by atoms with Crippen LogP contribution in [-0.4, -0.2) is 18.4 Å². The maximum atomic E-state index is 13.2. The number of rotatable bonds is 5. The fourth-order valence-electron chi connectivity index (χ4n) is 3.22. The highest BCUT2D eigenvalue weighted by Gasteiger charge is 2.31. The molecule has 32 heavy (non-hydrogen) atoms. The Kier molecular flexibility index (Phi) is 6.70. The minimum absolute atomic E-state index is 0.100. The highest BCUT2D eigenvalue weighted by molar-refractivity contribution is 6.42. The van der Waals surface area contributed by atoms with Crippen molar-refractivity contribution in [3.63, 3.8) is 0 Å². The van der Waals surface area contributed by atoms with Crippen LogP contribution in [-0.2, 0) is 16.1 Å². The van der Waals surface area contributed by atoms with Crippen molar-refractivity contribution in [2.24, 2.45) is 0 Å². The molecule has 162 valence electrons. The zero-order valence-corrected chi connectivity index (χ0v) is 18.9. The Bertz CT molecular complexity index is 1230. The van der Waals surface area contributed by atoms with E-state index in [1.807, 2.05) is 6.07 Å². The number of hydrogen-bond donors (Lipinski definition) is 1. The average Bonchev–Trinajstić information content (AvgIpc) is 2.77. The first-order valence-corrected chi connectivity index (χ1v) is 10.8. The fourth-order valence-corrected chi connectivity index (χ4v) is 3.74. The first-order valence-electron chi connectivity index (χ1n) is 9.67. The quantitative estimate of drug-likeness (QED) is 0.468. The number of halogens is 3. The molecule has 0 bridgehead atoms. The molecule has 2 amide bonds. The number of anilines is 1. The van der Waals surface area contributed by atoms with Gasteiger partial charge in [-0.2, -0.15) is 0 Å². The first-order chi connectivity index (χ1) is 15.4. The van der Waals surface area contributed by atoms with Crippen LogP contribution in [0.5, 0.6) is 5.75 Å². The summed E-state index contributed by atoms with van der Waals surface area (Å²) in [5.74, 6) is -0.169. The van der Waals surface area contributed by atoms with E-state index in [2.05, 4.69) is 5.32 Å². The van der Waals surface area contributed by atoms with Gasteiger partial charge in [0.15, 0.2) is 11.5 Å². The third-order valence-corrected chi connectivity index (χ3v) is 5.73. The van der Waals surface area contributed by atoms with Crippen LogP contribution in [0, 0.1) is 0 Å². The van der Waals surface area contributed by atoms with Crippen molar-refractivity contribution in [1.82, 2.24) is 5.32 Å². The van der Waals surface area contributed by atoms with Crippen molar-refractivity contribution >= 4 is 58.4 Å². The molecule has 0 unspecified atom stereocenters. The molecule has 0 spiro atoms. The van der Waals surface area contributed by atoms with Gasteiger partial charge in [0.1, 0.15) is 6.54 Å². The number of carbonyl (C=O) groups excluding carboxylic acids is 2. The Hall–Kier alpha value is -2.99. The van der Waals surface area contributed by atoms with Crippen LogP contribution in [0.2, 0.25) is 15.1 Å². The van der Waals surface area contributed by atoms with Crippen molar-refractivity contribution in [3.05, 3.63) is 98.7 Å². The second-order valence-electron chi connectivity index (χ2n) is 7.05. The molecule has 0 saturated heterocycles. The maximum absolute atomic E-state index is 13.2. The lowest BCUT2D eigenvalue weighted by Gasteiger charge is -2.30. The van der Waals surface area contributed by atoms with E-state index in [1.54, 1.807) is 66.7 Å². The first kappa shape index (κ1) is 22.2. The Morgan fingerprint density at radius 3 is 2.56 bits per heavy atom. The van der Waals surface area contributed by atoms with Gasteiger partial charge in [0.2, 0.25) is 5.91 Å². The van der Waals surface area contributed by atoms with Crippen molar-refractivity contribution in [3.8, 4) is 5.75 Å². The number of nitrogens with one attached hydrogen (secondary N) is 1. The van der Waals surface area contributed by atoms with Gasteiger partial charge >= 0.3 is 0 Å². The molecule has 8 heteroatoms. The average molecular weight is 488 g/mol. The number of benzene rings is 3. The van der Waals surface area contributed by atoms with E-state index in [9.17, 15) is 9.59 Å². The lowest BCUT2D eigenvalue weighted by Crippen LogP contribution is -2.44. The largest absolute Gasteiger partial charge is 0.449 e. The molecule has 0 aliphatic carbocycles. The lowest BCUT2D eigenvalue weighted by molar-refractivity contribution is -0.123. The van der Waals surface area contributed by atoms with Crippen molar-refractivity contribution < 1.29 is 14.3 Å². The van der Waals surface area contributed by atoms with E-state index in [0.29, 0.717) is 32.1 Å². The van der Waals surface area contributed by atoms with Crippen LogP contribution >= 0.6 is 34.8 Å². The SMILES string of the molecule is O=C(CN1C(=O)C(=Cc2cccc(Cl)c2)Oc2ccccc21)NCc1ccc(Cl)c(Cl)c1. The smallest absolute Gasteiger partial charge is 0.294 e. The molecule has 5 nitrogen and oxygen atoms in total. The van der Waals surface area contributed by atoms with Gasteiger partial charge < -0.3 is 10.1 Å². The van der Waals surface area contributed by atoms with Gasteiger partial charge in [-0.05, 0) is 53.6 Å². The standard InChI is InChI=1S/C24H17Cl3N2O3/c25-17-5-3-4-15(10-17)12-22-24(31)29(20-6-1-2-7-21(20)32-22)14-23(30)28-13-16-8-9-18(26)19(27)11-16/h1-12H,13-14H2,(H,28,30). The Balaban J connectivity index is 1.54. The molecule has 1 aliphatic rings. The molecule has 4 rings (SSSR count). The summed E-state index contributed by atoms with van der Waals surface area (Å²) in [6.45, 7) is 0.0779. The lowest BCUT2D eigenvalue weighted by atomic mass is 10.1. The molecule has 1 N–H and O–H groups in total. The Labute approximate surface area is 200 Å². The van der Waals surface area contributed by atoms with Crippen LogP contribution in [0.3, 0.4) is 0 Å². The second kappa shape index (κ2) is 9.65. The number of carbonyl (C=O) groups is 2. The molecule has 1 heterocycles. The maximum Gasteiger partial charge on any atom is 0.294 e. The minimum atomic E-state index is -0.423. The molecule has 0 radical (unpaired) electrons. The van der Waals surface area contributed by atoms with Crippen LogP contribution < -0.4 is 15.0 Å². The van der Waals surface area contributed by atoms with E-state index < -0.39 is 5.91 Å². The van der Waals surface area contributed by atoms with Crippen LogP contribution in [0.4, 0.5) is 5.69 Å². The van der Waals surface area contributed by atoms with Gasteiger partial charge in [-0.3, -0.25) is 14.5 Å². The highest BCUT2D eigenvalue weighted by atomic mass is 35.5. The summed E-state index contributed by atoms with van der Waals surface area (Å²) >= 11 is 18.0. The number of amides is 2. The van der Waals surface area contributed by atoms with Crippen molar-refractivity contribution in [1.29, 1.82) is 0 Å². The molecule has 1 aliphatic heterocycles. The monoisotopic (exact) mass is 486 g/mol. The predicted molar refractivity (Wildman–Crippen MR) is 127 cm³/mol. The highest BCUT2D eigenvalue weighted by Crippen LogP contribution is 2.35. The van der Waals surface area contributed by atoms with Crippen molar-refractivity contribution in [2.75, 3.05) is 11.4 Å². The van der Waals surface area contributed by atoms with Gasteiger partial charge in [0, 0.05) is 11.6 Å². The van der Waals surface area contributed by atoms with Gasteiger partial charge in [-0.25, -0.2) is 0 Å². The van der Waals surface area contributed by atoms with Gasteiger partial charge in [-0.15, -0.1) is 0 Å². The summed E-state index contributed by atoms with van der Waals surface area (Å²) < 4.78 is 5.82. The van der Waals surface area contributed by atoms with E-state index in [0.717, 1.165) is 5.56 Å². The van der Waals surface area contributed by atoms with Gasteiger partial charge in [0.25, 0.3) is 5.91 Å². The van der Waals surface area contributed by atoms with E-state index >= 15 is 0 Å². The summed E-state index contributed by atoms with van der Waals surface area (Å²) in [6.07, 6.45) is 1.60. The van der Waals surface area contributed by atoms with Crippen molar-refractivity contribution in [2.45, 2.75) is 6.54 Å². The fraction of sp³-hybridized carbons (Fsp3) is 0.0833. The summed E-state index contributed by atoms with van der Waals surface area (Å²) in [7, 11) is 0. The van der Waals surface area contributed by atoms with E-state index in [-0.39, 0.29) is 24.8 Å². The van der Waals surface area contributed by atoms with Gasteiger partial charge in [-0.1, -0.05) is 65.1 Å². The second-order valence-corrected chi connectivity index (χ2v) is 8.30. The normalized spacial score (nSPS) is 14.2. The Morgan fingerprint density at radius 1 is 0.969 bits per heavy atom. The molecule has 3 aromatic rings. The molecule has 0 aromatic heterocycles. The third-order valence-electron chi connectivity index (χ3n) is 4.75. The summed E-state index contributed by atoms with van der Waals surface area (Å²) in [5, 5.41) is 4.20. The van der Waals surface area contributed by atoms with Gasteiger partial charge in [0.05, 0.1) is 15.7 Å². The number of fused-ring (bicyclic) bond motifs is 1. The Morgan fingerprint density at radius 2 is 1.78 bits per heavy atom. The molecule has 0 fully saturated rings.